The Morgan fingerprint density at radius 1 is 1.00 bits per heavy atom. The maximum absolute atomic E-state index is 2.29. The minimum Gasteiger partial charge on any atom is -0.210 e. The molecule has 0 heterocycles. The van der Waals surface area contributed by atoms with Crippen LogP contribution in [0.25, 0.3) is 0 Å². The van der Waals surface area contributed by atoms with Gasteiger partial charge in [-0.2, -0.15) is 0 Å². The molecule has 0 aromatic heterocycles. The number of hydrogen-bond donors (Lipinski definition) is 0. The van der Waals surface area contributed by atoms with E-state index in [1.54, 1.807) is 0 Å². The third-order valence-electron chi connectivity index (χ3n) is 2.47. The van der Waals surface area contributed by atoms with Gasteiger partial charge in [-0.15, -0.1) is 0 Å². The van der Waals surface area contributed by atoms with Crippen molar-refractivity contribution < 1.29 is 4.58 Å². The third kappa shape index (κ3) is 8.03. The summed E-state index contributed by atoms with van der Waals surface area (Å²) in [6, 6.07) is 0. The summed E-state index contributed by atoms with van der Waals surface area (Å²) in [6.45, 7) is 7.58. The lowest BCUT2D eigenvalue weighted by molar-refractivity contribution is -0.448. The number of unbranched alkanes of at least 4 members (excludes halogenated alkanes) is 5. The van der Waals surface area contributed by atoms with Gasteiger partial charge < -0.3 is 0 Å². The molecule has 0 aliphatic heterocycles. The lowest BCUT2D eigenvalue weighted by atomic mass is 10.1. The predicted octanol–water partition coefficient (Wildman–Crippen LogP) is 3.98. The molecule has 0 N–H and O–H groups in total. The maximum Gasteiger partial charge on any atom is 0.164 e. The van der Waals surface area contributed by atoms with Crippen molar-refractivity contribution in [2.45, 2.75) is 59.3 Å². The first-order valence-electron chi connectivity index (χ1n) is 6.07. The molecule has 0 aliphatic rings. The van der Waals surface area contributed by atoms with E-state index in [0.717, 1.165) is 6.54 Å². The van der Waals surface area contributed by atoms with Gasteiger partial charge in [-0.05, 0) is 25.8 Å². The largest absolute Gasteiger partial charge is 0.210 e. The van der Waals surface area contributed by atoms with Gasteiger partial charge in [-0.3, -0.25) is 0 Å². The summed E-state index contributed by atoms with van der Waals surface area (Å²) in [6.07, 6.45) is 14.7. The van der Waals surface area contributed by atoms with Gasteiger partial charge in [0.05, 0.1) is 0 Å². The fourth-order valence-corrected chi connectivity index (χ4v) is 1.45. The van der Waals surface area contributed by atoms with Crippen LogP contribution in [-0.2, 0) is 0 Å². The molecule has 14 heavy (non-hydrogen) atoms. The number of rotatable bonds is 8. The molecule has 0 unspecified atom stereocenters. The molecule has 1 heteroatoms. The van der Waals surface area contributed by atoms with Gasteiger partial charge in [0.15, 0.2) is 6.20 Å². The smallest absolute Gasteiger partial charge is 0.164 e. The topological polar surface area (TPSA) is 3.01 Å². The first-order valence-corrected chi connectivity index (χ1v) is 6.07. The Labute approximate surface area is 89.5 Å². The van der Waals surface area contributed by atoms with Crippen molar-refractivity contribution >= 4 is 6.21 Å². The molecule has 1 nitrogen and oxygen atoms in total. The first-order chi connectivity index (χ1) is 6.85. The van der Waals surface area contributed by atoms with E-state index in [0.29, 0.717) is 0 Å². The second-order valence-corrected chi connectivity index (χ2v) is 3.68. The summed E-state index contributed by atoms with van der Waals surface area (Å²) in [7, 11) is 0. The second-order valence-electron chi connectivity index (χ2n) is 3.68. The molecule has 0 aliphatic carbocycles. The first kappa shape index (κ1) is 13.4. The molecule has 0 fully saturated rings. The van der Waals surface area contributed by atoms with Crippen molar-refractivity contribution in [3.05, 3.63) is 12.3 Å². The Bertz CT molecular complexity index is 168. The van der Waals surface area contributed by atoms with Crippen LogP contribution in [0.15, 0.2) is 12.3 Å². The summed E-state index contributed by atoms with van der Waals surface area (Å²) in [5.74, 6) is 0. The second kappa shape index (κ2) is 10.5. The van der Waals surface area contributed by atoms with E-state index in [4.69, 9.17) is 0 Å². The number of hydrogen-bond acceptors (Lipinski definition) is 0. The Hall–Kier alpha value is -0.590. The molecule has 0 spiro atoms. The van der Waals surface area contributed by atoms with E-state index in [2.05, 4.69) is 43.8 Å². The molecule has 0 aromatic rings. The highest BCUT2D eigenvalue weighted by Gasteiger charge is 1.90. The van der Waals surface area contributed by atoms with Gasteiger partial charge >= 0.3 is 0 Å². The Kier molecular flexibility index (Phi) is 10.0. The maximum atomic E-state index is 2.29. The molecular weight excluding hydrogens is 170 g/mol. The Balaban J connectivity index is 3.35. The third-order valence-corrected chi connectivity index (χ3v) is 2.47. The monoisotopic (exact) mass is 196 g/mol. The van der Waals surface area contributed by atoms with Crippen molar-refractivity contribution in [1.82, 2.24) is 0 Å². The standard InChI is InChI=1S/C13H26N/c1-4-7-8-9-10-11-12-13-14(5-2)6-3/h5,12-13H,4,6-11H2,1-3H3/q+1. The van der Waals surface area contributed by atoms with E-state index >= 15 is 0 Å². The van der Waals surface area contributed by atoms with E-state index in [1.807, 2.05) is 0 Å². The highest BCUT2D eigenvalue weighted by Crippen LogP contribution is 2.05. The quantitative estimate of drug-likeness (QED) is 0.314. The summed E-state index contributed by atoms with van der Waals surface area (Å²) in [5.41, 5.74) is 0. The zero-order valence-corrected chi connectivity index (χ0v) is 10.1. The van der Waals surface area contributed by atoms with Crippen molar-refractivity contribution in [3.63, 3.8) is 0 Å². The Morgan fingerprint density at radius 3 is 2.29 bits per heavy atom. The highest BCUT2D eigenvalue weighted by atomic mass is 15.0. The number of allylic oxidation sites excluding steroid dienone is 1. The summed E-state index contributed by atoms with van der Waals surface area (Å²) >= 11 is 0. The summed E-state index contributed by atoms with van der Waals surface area (Å²) in [5, 5.41) is 0. The molecule has 0 saturated carbocycles. The van der Waals surface area contributed by atoms with Crippen molar-refractivity contribution in [2.75, 3.05) is 6.54 Å². The van der Waals surface area contributed by atoms with Crippen LogP contribution in [0.4, 0.5) is 0 Å². The highest BCUT2D eigenvalue weighted by molar-refractivity contribution is 5.47. The zero-order valence-electron chi connectivity index (χ0n) is 10.1. The Morgan fingerprint density at radius 2 is 1.71 bits per heavy atom. The minimum atomic E-state index is 1.07. The lowest BCUT2D eigenvalue weighted by Gasteiger charge is -1.95. The zero-order chi connectivity index (χ0) is 10.6. The molecule has 0 rings (SSSR count). The molecule has 82 valence electrons. The fraction of sp³-hybridized carbons (Fsp3) is 0.769. The molecular formula is C13H26N+. The van der Waals surface area contributed by atoms with Crippen LogP contribution in [0.2, 0.25) is 0 Å². The van der Waals surface area contributed by atoms with Gasteiger partial charge in [-0.25, -0.2) is 4.58 Å². The van der Waals surface area contributed by atoms with Crippen LogP contribution in [0.5, 0.6) is 0 Å². The predicted molar refractivity (Wildman–Crippen MR) is 65.1 cm³/mol. The van der Waals surface area contributed by atoms with Gasteiger partial charge in [0, 0.05) is 6.92 Å². The SMILES string of the molecule is CC=[N+](C=CCCCCCCC)CC. The van der Waals surface area contributed by atoms with Crippen LogP contribution in [-0.4, -0.2) is 17.3 Å². The number of nitrogens with zero attached hydrogens (tertiary/aromatic N) is 1. The molecule has 0 bridgehead atoms. The van der Waals surface area contributed by atoms with Crippen LogP contribution in [0.3, 0.4) is 0 Å². The van der Waals surface area contributed by atoms with Crippen molar-refractivity contribution in [1.29, 1.82) is 0 Å². The van der Waals surface area contributed by atoms with Crippen LogP contribution in [0.1, 0.15) is 59.3 Å². The van der Waals surface area contributed by atoms with E-state index in [-0.39, 0.29) is 0 Å². The minimum absolute atomic E-state index is 1.07. The van der Waals surface area contributed by atoms with Gasteiger partial charge in [0.25, 0.3) is 0 Å². The summed E-state index contributed by atoms with van der Waals surface area (Å²) in [4.78, 5) is 0. The lowest BCUT2D eigenvalue weighted by Crippen LogP contribution is -2.02. The fourth-order valence-electron chi connectivity index (χ4n) is 1.45. The van der Waals surface area contributed by atoms with Crippen molar-refractivity contribution in [3.8, 4) is 0 Å². The molecule has 0 amide bonds. The van der Waals surface area contributed by atoms with Crippen LogP contribution in [0, 0.1) is 0 Å². The molecule has 0 saturated heterocycles. The average Bonchev–Trinajstić information content (AvgIpc) is 2.22. The normalized spacial score (nSPS) is 12.6. The van der Waals surface area contributed by atoms with E-state index < -0.39 is 0 Å². The molecule has 0 aromatic carbocycles. The van der Waals surface area contributed by atoms with Gasteiger partial charge in [0.2, 0.25) is 0 Å². The van der Waals surface area contributed by atoms with Gasteiger partial charge in [-0.1, -0.05) is 32.6 Å². The summed E-state index contributed by atoms with van der Waals surface area (Å²) < 4.78 is 2.21. The van der Waals surface area contributed by atoms with E-state index in [1.165, 1.54) is 38.5 Å². The van der Waals surface area contributed by atoms with Crippen LogP contribution >= 0.6 is 0 Å². The molecule has 0 radical (unpaired) electrons. The van der Waals surface area contributed by atoms with Gasteiger partial charge in [0.1, 0.15) is 12.8 Å². The van der Waals surface area contributed by atoms with Crippen LogP contribution < -0.4 is 0 Å². The van der Waals surface area contributed by atoms with Crippen molar-refractivity contribution in [2.24, 2.45) is 0 Å². The molecule has 0 atom stereocenters. The average molecular weight is 196 g/mol. The van der Waals surface area contributed by atoms with E-state index in [9.17, 15) is 0 Å².